The number of nitrogens with zero attached hydrogens (tertiary/aromatic N) is 2. The van der Waals surface area contributed by atoms with E-state index in [0.29, 0.717) is 23.9 Å². The highest BCUT2D eigenvalue weighted by Gasteiger charge is 2.27. The quantitative estimate of drug-likeness (QED) is 0.505. The number of fused-ring (bicyclic) bond motifs is 1. The molecule has 1 atom stereocenters. The summed E-state index contributed by atoms with van der Waals surface area (Å²) in [6.45, 7) is 2.97. The Kier molecular flexibility index (Phi) is 5.03. The van der Waals surface area contributed by atoms with Crippen LogP contribution in [-0.2, 0) is 19.5 Å². The smallest absolute Gasteiger partial charge is 0.269 e. The van der Waals surface area contributed by atoms with E-state index in [4.69, 9.17) is 4.42 Å². The van der Waals surface area contributed by atoms with Gasteiger partial charge in [-0.3, -0.25) is 14.9 Å². The molecule has 1 aliphatic rings. The molecule has 29 heavy (non-hydrogen) atoms. The van der Waals surface area contributed by atoms with E-state index in [-0.39, 0.29) is 18.1 Å². The Morgan fingerprint density at radius 1 is 1.21 bits per heavy atom. The Balaban J connectivity index is 1.43. The third-order valence-corrected chi connectivity index (χ3v) is 5.25. The number of hydrogen-bond donors (Lipinski definition) is 1. The summed E-state index contributed by atoms with van der Waals surface area (Å²) in [6.07, 6.45) is 2.50. The predicted octanol–water partition coefficient (Wildman–Crippen LogP) is 4.07. The summed E-state index contributed by atoms with van der Waals surface area (Å²) in [5.74, 6) is 0.391. The highest BCUT2D eigenvalue weighted by molar-refractivity contribution is 5.95. The summed E-state index contributed by atoms with van der Waals surface area (Å²) in [4.78, 5) is 25.2. The average Bonchev–Trinajstić information content (AvgIpc) is 3.31. The maximum absolute atomic E-state index is 12.7. The molecule has 1 unspecified atom stereocenters. The topological polar surface area (TPSA) is 88.6 Å². The first-order valence-corrected chi connectivity index (χ1v) is 9.45. The van der Waals surface area contributed by atoms with E-state index in [1.54, 1.807) is 18.2 Å². The Morgan fingerprint density at radius 2 is 1.97 bits per heavy atom. The number of carbonyl (C=O) groups is 1. The minimum atomic E-state index is -0.447. The Hall–Kier alpha value is -3.61. The monoisotopic (exact) mass is 391 g/mol. The van der Waals surface area contributed by atoms with Gasteiger partial charge in [-0.25, -0.2) is 0 Å². The molecular weight excluding hydrogens is 370 g/mol. The van der Waals surface area contributed by atoms with E-state index in [1.165, 1.54) is 29.6 Å². The number of anilines is 1. The Morgan fingerprint density at radius 3 is 2.72 bits per heavy atom. The van der Waals surface area contributed by atoms with Crippen LogP contribution in [-0.4, -0.2) is 16.9 Å². The summed E-state index contributed by atoms with van der Waals surface area (Å²) < 4.78 is 5.63. The highest BCUT2D eigenvalue weighted by atomic mass is 16.6. The molecule has 0 saturated heterocycles. The van der Waals surface area contributed by atoms with Crippen LogP contribution >= 0.6 is 0 Å². The zero-order chi connectivity index (χ0) is 20.4. The molecule has 1 aromatic heterocycles. The lowest BCUT2D eigenvalue weighted by Gasteiger charge is -2.24. The largest absolute Gasteiger partial charge is 0.467 e. The van der Waals surface area contributed by atoms with Crippen LogP contribution in [0.4, 0.5) is 11.4 Å². The molecule has 0 spiro atoms. The van der Waals surface area contributed by atoms with Gasteiger partial charge in [-0.1, -0.05) is 30.3 Å². The molecule has 0 fully saturated rings. The molecule has 1 aliphatic heterocycles. The van der Waals surface area contributed by atoms with E-state index in [1.807, 2.05) is 12.1 Å². The van der Waals surface area contributed by atoms with Gasteiger partial charge in [0.15, 0.2) is 0 Å². The van der Waals surface area contributed by atoms with Crippen LogP contribution in [0.15, 0.2) is 65.3 Å². The lowest BCUT2D eigenvalue weighted by Crippen LogP contribution is -2.30. The van der Waals surface area contributed by atoms with Crippen LogP contribution < -0.4 is 10.2 Å². The molecule has 7 heteroatoms. The first-order valence-electron chi connectivity index (χ1n) is 9.45. The number of carbonyl (C=O) groups excluding carboxylic acids is 1. The van der Waals surface area contributed by atoms with E-state index in [9.17, 15) is 14.9 Å². The molecule has 3 aromatic rings. The van der Waals surface area contributed by atoms with Crippen molar-refractivity contribution in [2.75, 3.05) is 4.90 Å². The van der Waals surface area contributed by atoms with Gasteiger partial charge >= 0.3 is 0 Å². The maximum atomic E-state index is 12.7. The molecule has 0 saturated carbocycles. The zero-order valence-corrected chi connectivity index (χ0v) is 16.0. The molecular formula is C22H21N3O4. The number of para-hydroxylation sites is 1. The van der Waals surface area contributed by atoms with Gasteiger partial charge in [-0.05, 0) is 36.6 Å². The Bertz CT molecular complexity index is 1040. The number of benzene rings is 2. The lowest BCUT2D eigenvalue weighted by molar-refractivity contribution is -0.384. The van der Waals surface area contributed by atoms with Crippen LogP contribution in [0, 0.1) is 10.1 Å². The van der Waals surface area contributed by atoms with Gasteiger partial charge in [0.1, 0.15) is 5.76 Å². The van der Waals surface area contributed by atoms with Crippen molar-refractivity contribution in [2.45, 2.75) is 32.5 Å². The van der Waals surface area contributed by atoms with Gasteiger partial charge in [0.25, 0.3) is 11.6 Å². The summed E-state index contributed by atoms with van der Waals surface area (Å²) in [5.41, 5.74) is 3.79. The number of amides is 1. The number of furan rings is 1. The van der Waals surface area contributed by atoms with Gasteiger partial charge < -0.3 is 14.6 Å². The second-order valence-electron chi connectivity index (χ2n) is 7.17. The van der Waals surface area contributed by atoms with Crippen LogP contribution in [0.2, 0.25) is 0 Å². The van der Waals surface area contributed by atoms with Crippen molar-refractivity contribution >= 4 is 17.3 Å². The summed E-state index contributed by atoms with van der Waals surface area (Å²) in [5, 5.41) is 13.6. The second kappa shape index (κ2) is 7.79. The number of rotatable bonds is 6. The van der Waals surface area contributed by atoms with Gasteiger partial charge in [0.2, 0.25) is 0 Å². The van der Waals surface area contributed by atoms with Crippen molar-refractivity contribution in [1.29, 1.82) is 0 Å². The third kappa shape index (κ3) is 3.85. The first kappa shape index (κ1) is 18.7. The highest BCUT2D eigenvalue weighted by Crippen LogP contribution is 2.33. The zero-order valence-electron chi connectivity index (χ0n) is 16.0. The predicted molar refractivity (Wildman–Crippen MR) is 109 cm³/mol. The number of nitro benzene ring substituents is 1. The van der Waals surface area contributed by atoms with Gasteiger partial charge in [-0.15, -0.1) is 0 Å². The molecule has 1 amide bonds. The molecule has 7 nitrogen and oxygen atoms in total. The number of hydrogen-bond acceptors (Lipinski definition) is 5. The van der Waals surface area contributed by atoms with E-state index < -0.39 is 4.92 Å². The summed E-state index contributed by atoms with van der Waals surface area (Å²) >= 11 is 0. The van der Waals surface area contributed by atoms with Crippen molar-refractivity contribution in [1.82, 2.24) is 5.32 Å². The number of nitro groups is 1. The summed E-state index contributed by atoms with van der Waals surface area (Å²) in [7, 11) is 0. The molecule has 2 aromatic carbocycles. The van der Waals surface area contributed by atoms with Crippen molar-refractivity contribution < 1.29 is 14.1 Å². The second-order valence-corrected chi connectivity index (χ2v) is 7.17. The lowest BCUT2D eigenvalue weighted by atomic mass is 10.1. The molecule has 0 radical (unpaired) electrons. The van der Waals surface area contributed by atoms with E-state index in [2.05, 4.69) is 29.3 Å². The van der Waals surface area contributed by atoms with Crippen molar-refractivity contribution in [3.8, 4) is 0 Å². The maximum Gasteiger partial charge on any atom is 0.269 e. The molecule has 1 N–H and O–H groups in total. The minimum Gasteiger partial charge on any atom is -0.467 e. The number of nitrogens with one attached hydrogen (secondary N) is 1. The van der Waals surface area contributed by atoms with Gasteiger partial charge in [-0.2, -0.15) is 0 Å². The fourth-order valence-corrected chi connectivity index (χ4v) is 3.70. The van der Waals surface area contributed by atoms with Crippen molar-refractivity contribution in [2.24, 2.45) is 0 Å². The summed E-state index contributed by atoms with van der Waals surface area (Å²) in [6, 6.07) is 16.4. The van der Waals surface area contributed by atoms with E-state index in [0.717, 1.165) is 12.0 Å². The minimum absolute atomic E-state index is 0.0252. The van der Waals surface area contributed by atoms with Gasteiger partial charge in [0, 0.05) is 30.4 Å². The Labute approximate surface area is 168 Å². The fraction of sp³-hybridized carbons (Fsp3) is 0.227. The molecule has 0 aliphatic carbocycles. The van der Waals surface area contributed by atoms with Crippen molar-refractivity contribution in [3.63, 3.8) is 0 Å². The van der Waals surface area contributed by atoms with Crippen molar-refractivity contribution in [3.05, 3.63) is 93.4 Å². The van der Waals surface area contributed by atoms with Crippen LogP contribution in [0.1, 0.15) is 34.2 Å². The molecule has 4 rings (SSSR count). The number of non-ortho nitro benzene ring substituents is 1. The molecule has 0 bridgehead atoms. The standard InChI is InChI=1S/C22H21N3O4/c1-15-12-17-4-2-3-5-20(17)24(15)14-21-19(10-11-29-21)22(26)23-13-16-6-8-18(9-7-16)25(27)28/h2-11,15H,12-14H2,1H3,(H,23,26). The average molecular weight is 391 g/mol. The first-order chi connectivity index (χ1) is 14.0. The SMILES string of the molecule is CC1Cc2ccccc2N1Cc1occc1C(=O)NCc1ccc([N+](=O)[O-])cc1. The van der Waals surface area contributed by atoms with Crippen LogP contribution in [0.3, 0.4) is 0 Å². The molecule has 148 valence electrons. The van der Waals surface area contributed by atoms with Crippen LogP contribution in [0.25, 0.3) is 0 Å². The molecule has 2 heterocycles. The van der Waals surface area contributed by atoms with E-state index >= 15 is 0 Å². The van der Waals surface area contributed by atoms with Crippen LogP contribution in [0.5, 0.6) is 0 Å². The normalized spacial score (nSPS) is 15.2. The fourth-order valence-electron chi connectivity index (χ4n) is 3.70. The van der Waals surface area contributed by atoms with Gasteiger partial charge in [0.05, 0.1) is 23.3 Å². The third-order valence-electron chi connectivity index (χ3n) is 5.25.